The number of carbonyl (C=O) groups excluding carboxylic acids is 1. The van der Waals surface area contributed by atoms with E-state index in [1.165, 1.54) is 24.0 Å². The van der Waals surface area contributed by atoms with Crippen molar-refractivity contribution in [3.05, 3.63) is 51.5 Å². The monoisotopic (exact) mass is 334 g/mol. The molecule has 2 aromatic rings. The Labute approximate surface area is 138 Å². The summed E-state index contributed by atoms with van der Waals surface area (Å²) in [4.78, 5) is 27.1. The molecule has 0 saturated carbocycles. The number of thiazole rings is 1. The first-order valence-corrected chi connectivity index (χ1v) is 7.91. The number of carboxylic acids is 1. The van der Waals surface area contributed by atoms with Gasteiger partial charge in [0.1, 0.15) is 5.69 Å². The van der Waals surface area contributed by atoms with E-state index in [9.17, 15) is 9.59 Å². The third-order valence-electron chi connectivity index (χ3n) is 3.27. The van der Waals surface area contributed by atoms with E-state index in [4.69, 9.17) is 9.84 Å². The van der Waals surface area contributed by atoms with Crippen LogP contribution < -0.4 is 5.32 Å². The Kier molecular flexibility index (Phi) is 5.84. The highest BCUT2D eigenvalue weighted by molar-refractivity contribution is 7.09. The summed E-state index contributed by atoms with van der Waals surface area (Å²) >= 11 is 1.40. The molecule has 1 aromatic heterocycles. The van der Waals surface area contributed by atoms with Gasteiger partial charge >= 0.3 is 5.97 Å². The highest BCUT2D eigenvalue weighted by Crippen LogP contribution is 2.15. The predicted octanol–water partition coefficient (Wildman–Crippen LogP) is 1.87. The van der Waals surface area contributed by atoms with Crippen molar-refractivity contribution in [1.82, 2.24) is 10.3 Å². The number of carboxylic acid groups (broad SMARTS) is 1. The fraction of sp³-hybridized carbons (Fsp3) is 0.312. The van der Waals surface area contributed by atoms with E-state index in [-0.39, 0.29) is 12.2 Å². The second kappa shape index (κ2) is 7.85. The summed E-state index contributed by atoms with van der Waals surface area (Å²) in [6, 6.07) is 8.14. The van der Waals surface area contributed by atoms with Gasteiger partial charge in [0, 0.05) is 18.9 Å². The molecule has 7 heteroatoms. The number of aliphatic carboxylic acids is 1. The molecule has 0 saturated heterocycles. The first-order valence-electron chi connectivity index (χ1n) is 7.03. The molecule has 1 amide bonds. The third kappa shape index (κ3) is 4.87. The number of amides is 1. The molecule has 6 nitrogen and oxygen atoms in total. The van der Waals surface area contributed by atoms with E-state index in [0.717, 1.165) is 10.6 Å². The van der Waals surface area contributed by atoms with Crippen LogP contribution in [0.5, 0.6) is 0 Å². The maximum absolute atomic E-state index is 12.0. The van der Waals surface area contributed by atoms with Gasteiger partial charge in [-0.25, -0.2) is 9.78 Å². The minimum absolute atomic E-state index is 0.102. The molecule has 0 aliphatic heterocycles. The Morgan fingerprint density at radius 1 is 1.35 bits per heavy atom. The lowest BCUT2D eigenvalue weighted by Gasteiger charge is -2.10. The van der Waals surface area contributed by atoms with Gasteiger partial charge in [0.15, 0.2) is 6.10 Å². The minimum Gasteiger partial charge on any atom is -0.479 e. The number of nitrogens with one attached hydrogen (secondary N) is 1. The zero-order chi connectivity index (χ0) is 16.8. The van der Waals surface area contributed by atoms with Gasteiger partial charge in [-0.05, 0) is 12.5 Å². The van der Waals surface area contributed by atoms with E-state index in [2.05, 4.69) is 10.3 Å². The summed E-state index contributed by atoms with van der Waals surface area (Å²) in [5.74, 6) is -1.52. The zero-order valence-electron chi connectivity index (χ0n) is 12.9. The maximum atomic E-state index is 12.0. The van der Waals surface area contributed by atoms with Gasteiger partial charge in [0.2, 0.25) is 0 Å². The summed E-state index contributed by atoms with van der Waals surface area (Å²) in [5, 5.41) is 13.9. The average molecular weight is 334 g/mol. The lowest BCUT2D eigenvalue weighted by Crippen LogP contribution is -2.37. The molecule has 1 unspecified atom stereocenters. The number of benzene rings is 1. The van der Waals surface area contributed by atoms with E-state index >= 15 is 0 Å². The number of hydrogen-bond acceptors (Lipinski definition) is 5. The van der Waals surface area contributed by atoms with Gasteiger partial charge in [-0.15, -0.1) is 11.3 Å². The molecule has 1 atom stereocenters. The van der Waals surface area contributed by atoms with E-state index in [0.29, 0.717) is 6.42 Å². The fourth-order valence-corrected chi connectivity index (χ4v) is 2.73. The first kappa shape index (κ1) is 17.1. The Morgan fingerprint density at radius 3 is 2.65 bits per heavy atom. The Balaban J connectivity index is 1.94. The number of ether oxygens (including phenoxy) is 1. The highest BCUT2D eigenvalue weighted by atomic mass is 32.1. The summed E-state index contributed by atoms with van der Waals surface area (Å²) in [7, 11) is 1.29. The summed E-state index contributed by atoms with van der Waals surface area (Å²) in [5.41, 5.74) is 2.61. The van der Waals surface area contributed by atoms with Crippen LogP contribution in [0.15, 0.2) is 29.6 Å². The lowest BCUT2D eigenvalue weighted by molar-refractivity contribution is -0.148. The molecular formula is C16H18N2O4S. The van der Waals surface area contributed by atoms with Gasteiger partial charge < -0.3 is 15.2 Å². The number of hydrogen-bond donors (Lipinski definition) is 2. The van der Waals surface area contributed by atoms with Crippen LogP contribution in [0.4, 0.5) is 0 Å². The normalized spacial score (nSPS) is 11.9. The van der Waals surface area contributed by atoms with Crippen molar-refractivity contribution in [1.29, 1.82) is 0 Å². The van der Waals surface area contributed by atoms with Crippen LogP contribution in [0.1, 0.15) is 26.6 Å². The van der Waals surface area contributed by atoms with Crippen molar-refractivity contribution >= 4 is 23.2 Å². The number of methoxy groups -OCH3 is 1. The number of aryl methyl sites for hydroxylation is 1. The van der Waals surface area contributed by atoms with Crippen molar-refractivity contribution < 1.29 is 19.4 Å². The maximum Gasteiger partial charge on any atom is 0.334 e. The molecule has 0 bridgehead atoms. The van der Waals surface area contributed by atoms with Crippen LogP contribution in [0.2, 0.25) is 0 Å². The predicted molar refractivity (Wildman–Crippen MR) is 86.9 cm³/mol. The minimum atomic E-state index is -1.12. The number of carbonyl (C=O) groups is 2. The van der Waals surface area contributed by atoms with Gasteiger partial charge in [-0.1, -0.05) is 29.8 Å². The number of aromatic nitrogens is 1. The molecule has 2 N–H and O–H groups in total. The zero-order valence-corrected chi connectivity index (χ0v) is 13.7. The molecule has 0 fully saturated rings. The average Bonchev–Trinajstić information content (AvgIpc) is 2.98. The molecule has 2 rings (SSSR count). The molecule has 0 aliphatic rings. The van der Waals surface area contributed by atoms with E-state index < -0.39 is 18.0 Å². The topological polar surface area (TPSA) is 88.5 Å². The number of rotatable bonds is 7. The van der Waals surface area contributed by atoms with Crippen molar-refractivity contribution in [2.75, 3.05) is 13.7 Å². The van der Waals surface area contributed by atoms with Crippen molar-refractivity contribution in [3.8, 4) is 0 Å². The molecule has 1 heterocycles. The van der Waals surface area contributed by atoms with Crippen molar-refractivity contribution in [2.24, 2.45) is 0 Å². The molecule has 0 aliphatic carbocycles. The summed E-state index contributed by atoms with van der Waals surface area (Å²) < 4.78 is 4.76. The molecule has 23 heavy (non-hydrogen) atoms. The standard InChI is InChI=1S/C16H18N2O4S/c1-10-3-5-11(6-4-10)7-14-18-12(9-23-14)15(19)17-8-13(22-2)16(20)21/h3-6,9,13H,7-8H2,1-2H3,(H,17,19)(H,20,21). The first-order chi connectivity index (χ1) is 11.0. The molecule has 122 valence electrons. The molecule has 0 spiro atoms. The van der Waals surface area contributed by atoms with Gasteiger partial charge in [-0.2, -0.15) is 0 Å². The van der Waals surface area contributed by atoms with Crippen molar-refractivity contribution in [3.63, 3.8) is 0 Å². The van der Waals surface area contributed by atoms with Crippen LogP contribution in [0.25, 0.3) is 0 Å². The largest absolute Gasteiger partial charge is 0.479 e. The Bertz CT molecular complexity index is 682. The second-order valence-corrected chi connectivity index (χ2v) is 6.00. The molecule has 0 radical (unpaired) electrons. The van der Waals surface area contributed by atoms with Crippen LogP contribution in [0, 0.1) is 6.92 Å². The van der Waals surface area contributed by atoms with Crippen LogP contribution >= 0.6 is 11.3 Å². The number of nitrogens with zero attached hydrogens (tertiary/aromatic N) is 1. The van der Waals surface area contributed by atoms with Crippen LogP contribution in [-0.2, 0) is 16.0 Å². The van der Waals surface area contributed by atoms with E-state index in [1.54, 1.807) is 5.38 Å². The fourth-order valence-electron chi connectivity index (χ4n) is 1.92. The molecular weight excluding hydrogens is 316 g/mol. The SMILES string of the molecule is COC(CNC(=O)c1csc(Cc2ccc(C)cc2)n1)C(=O)O. The Morgan fingerprint density at radius 2 is 2.04 bits per heavy atom. The Hall–Kier alpha value is -2.25. The van der Waals surface area contributed by atoms with E-state index in [1.807, 2.05) is 31.2 Å². The lowest BCUT2D eigenvalue weighted by atomic mass is 10.1. The highest BCUT2D eigenvalue weighted by Gasteiger charge is 2.18. The van der Waals surface area contributed by atoms with Crippen LogP contribution in [-0.4, -0.2) is 41.7 Å². The van der Waals surface area contributed by atoms with Crippen LogP contribution in [0.3, 0.4) is 0 Å². The van der Waals surface area contributed by atoms with Gasteiger partial charge in [-0.3, -0.25) is 4.79 Å². The molecule has 1 aromatic carbocycles. The van der Waals surface area contributed by atoms with Gasteiger partial charge in [0.05, 0.1) is 11.6 Å². The second-order valence-electron chi connectivity index (χ2n) is 5.06. The van der Waals surface area contributed by atoms with Gasteiger partial charge in [0.25, 0.3) is 5.91 Å². The smallest absolute Gasteiger partial charge is 0.334 e. The quantitative estimate of drug-likeness (QED) is 0.807. The summed E-state index contributed by atoms with van der Waals surface area (Å²) in [6.45, 7) is 1.93. The third-order valence-corrected chi connectivity index (χ3v) is 4.12. The summed E-state index contributed by atoms with van der Waals surface area (Å²) in [6.07, 6.45) is -0.404. The van der Waals surface area contributed by atoms with Crippen molar-refractivity contribution in [2.45, 2.75) is 19.4 Å².